The van der Waals surface area contributed by atoms with Crippen molar-refractivity contribution in [3.63, 3.8) is 0 Å². The van der Waals surface area contributed by atoms with Crippen LogP contribution in [0.4, 0.5) is 5.69 Å². The zero-order valence-corrected chi connectivity index (χ0v) is 18.0. The van der Waals surface area contributed by atoms with Crippen LogP contribution in [0.15, 0.2) is 82.7 Å². The summed E-state index contributed by atoms with van der Waals surface area (Å²) < 4.78 is 33.9. The summed E-state index contributed by atoms with van der Waals surface area (Å²) in [5, 5.41) is 0. The molecule has 1 saturated heterocycles. The van der Waals surface area contributed by atoms with Crippen LogP contribution in [0.3, 0.4) is 0 Å². The van der Waals surface area contributed by atoms with Crippen LogP contribution < -0.4 is 4.74 Å². The van der Waals surface area contributed by atoms with Crippen molar-refractivity contribution in [2.45, 2.75) is 11.8 Å². The lowest BCUT2D eigenvalue weighted by atomic mass is 10.1. The fourth-order valence-electron chi connectivity index (χ4n) is 3.98. The number of hydrogen-bond donors (Lipinski definition) is 0. The van der Waals surface area contributed by atoms with Crippen LogP contribution in [0.2, 0.25) is 0 Å². The Morgan fingerprint density at radius 1 is 0.839 bits per heavy atom. The van der Waals surface area contributed by atoms with E-state index in [1.165, 1.54) is 0 Å². The Morgan fingerprint density at radius 3 is 2.32 bits per heavy atom. The molecule has 0 bridgehead atoms. The molecule has 1 fully saturated rings. The molecule has 0 atom stereocenters. The number of aryl methyl sites for hydroxylation is 1. The number of ether oxygens (including phenoxy) is 1. The van der Waals surface area contributed by atoms with Gasteiger partial charge in [0, 0.05) is 26.2 Å². The van der Waals surface area contributed by atoms with E-state index in [1.807, 2.05) is 61.5 Å². The van der Waals surface area contributed by atoms with Gasteiger partial charge in [0.05, 0.1) is 10.5 Å². The Bertz CT molecular complexity index is 1260. The number of piperazine rings is 1. The molecule has 0 saturated carbocycles. The molecule has 2 aliphatic heterocycles. The van der Waals surface area contributed by atoms with Crippen LogP contribution in [0.1, 0.15) is 11.1 Å². The first-order valence-electron chi connectivity index (χ1n) is 10.3. The van der Waals surface area contributed by atoms with Crippen molar-refractivity contribution in [2.24, 2.45) is 4.99 Å². The normalized spacial score (nSPS) is 16.5. The van der Waals surface area contributed by atoms with Crippen molar-refractivity contribution < 1.29 is 13.2 Å². The third-order valence-electron chi connectivity index (χ3n) is 5.60. The lowest BCUT2D eigenvalue weighted by molar-refractivity contribution is 0.266. The third kappa shape index (κ3) is 3.71. The van der Waals surface area contributed by atoms with Crippen LogP contribution in [0.25, 0.3) is 0 Å². The molecule has 0 aliphatic carbocycles. The van der Waals surface area contributed by atoms with Gasteiger partial charge in [-0.2, -0.15) is 4.31 Å². The first kappa shape index (κ1) is 19.8. The van der Waals surface area contributed by atoms with Gasteiger partial charge in [0.15, 0.2) is 5.75 Å². The van der Waals surface area contributed by atoms with Crippen LogP contribution in [0.5, 0.6) is 11.5 Å². The van der Waals surface area contributed by atoms with E-state index in [1.54, 1.807) is 22.5 Å². The van der Waals surface area contributed by atoms with Gasteiger partial charge in [-0.05, 0) is 48.9 Å². The summed E-state index contributed by atoms with van der Waals surface area (Å²) in [6.07, 6.45) is 0. The highest BCUT2D eigenvalue weighted by Crippen LogP contribution is 2.38. The average Bonchev–Trinajstić information content (AvgIpc) is 2.96. The van der Waals surface area contributed by atoms with Crippen molar-refractivity contribution in [1.82, 2.24) is 9.21 Å². The second kappa shape index (κ2) is 7.83. The monoisotopic (exact) mass is 433 g/mol. The lowest BCUT2D eigenvalue weighted by Crippen LogP contribution is -2.50. The second-order valence-electron chi connectivity index (χ2n) is 7.71. The van der Waals surface area contributed by atoms with E-state index in [9.17, 15) is 8.42 Å². The first-order valence-corrected chi connectivity index (χ1v) is 11.7. The number of sulfonamides is 1. The van der Waals surface area contributed by atoms with Gasteiger partial charge in [-0.1, -0.05) is 36.4 Å². The SMILES string of the molecule is Cc1cccc(S(=O)(=O)N2CCN(C3=Nc4ccccc4Oc4ccccc43)CC2)c1. The summed E-state index contributed by atoms with van der Waals surface area (Å²) >= 11 is 0. The largest absolute Gasteiger partial charge is 0.454 e. The van der Waals surface area contributed by atoms with Gasteiger partial charge in [0.2, 0.25) is 10.0 Å². The molecule has 7 heteroatoms. The molecule has 0 unspecified atom stereocenters. The maximum Gasteiger partial charge on any atom is 0.243 e. The topological polar surface area (TPSA) is 62.2 Å². The van der Waals surface area contributed by atoms with E-state index in [0.29, 0.717) is 36.8 Å². The van der Waals surface area contributed by atoms with Crippen molar-refractivity contribution in [3.8, 4) is 11.5 Å². The Morgan fingerprint density at radius 2 is 1.55 bits per heavy atom. The number of amidine groups is 1. The molecule has 31 heavy (non-hydrogen) atoms. The summed E-state index contributed by atoms with van der Waals surface area (Å²) in [6.45, 7) is 3.82. The van der Waals surface area contributed by atoms with Gasteiger partial charge in [-0.25, -0.2) is 13.4 Å². The summed E-state index contributed by atoms with van der Waals surface area (Å²) in [4.78, 5) is 7.40. The highest BCUT2D eigenvalue weighted by molar-refractivity contribution is 7.89. The van der Waals surface area contributed by atoms with Gasteiger partial charge in [-0.15, -0.1) is 0 Å². The zero-order chi connectivity index (χ0) is 21.4. The Balaban J connectivity index is 1.43. The molecule has 158 valence electrons. The molecule has 2 heterocycles. The van der Waals surface area contributed by atoms with Crippen molar-refractivity contribution >= 4 is 21.5 Å². The minimum absolute atomic E-state index is 0.348. The number of fused-ring (bicyclic) bond motifs is 2. The minimum Gasteiger partial charge on any atom is -0.454 e. The third-order valence-corrected chi connectivity index (χ3v) is 7.50. The quantitative estimate of drug-likeness (QED) is 0.608. The Hall–Kier alpha value is -3.16. The Labute approximate surface area is 182 Å². The summed E-state index contributed by atoms with van der Waals surface area (Å²) in [5.41, 5.74) is 2.61. The summed E-state index contributed by atoms with van der Waals surface area (Å²) in [7, 11) is -3.51. The van der Waals surface area contributed by atoms with Crippen LogP contribution >= 0.6 is 0 Å². The molecular formula is C24H23N3O3S. The minimum atomic E-state index is -3.51. The van der Waals surface area contributed by atoms with E-state index in [4.69, 9.17) is 9.73 Å². The van der Waals surface area contributed by atoms with E-state index < -0.39 is 10.0 Å². The van der Waals surface area contributed by atoms with Gasteiger partial charge in [0.25, 0.3) is 0 Å². The molecule has 2 aliphatic rings. The average molecular weight is 434 g/mol. The maximum atomic E-state index is 13.1. The predicted molar refractivity (Wildman–Crippen MR) is 121 cm³/mol. The number of rotatable bonds is 2. The molecule has 0 radical (unpaired) electrons. The molecule has 5 rings (SSSR count). The molecule has 0 aromatic heterocycles. The fourth-order valence-corrected chi connectivity index (χ4v) is 5.50. The predicted octanol–water partition coefficient (Wildman–Crippen LogP) is 4.19. The number of benzene rings is 3. The standard InChI is InChI=1S/C24H23N3O3S/c1-18-7-6-8-19(17-18)31(28,29)27-15-13-26(14-16-27)24-20-9-2-4-11-22(20)30-23-12-5-3-10-21(23)25-24/h2-12,17H,13-16H2,1H3. The molecule has 6 nitrogen and oxygen atoms in total. The smallest absolute Gasteiger partial charge is 0.243 e. The van der Waals surface area contributed by atoms with Gasteiger partial charge in [0.1, 0.15) is 17.3 Å². The molecule has 0 N–H and O–H groups in total. The molecule has 3 aromatic carbocycles. The molecule has 3 aromatic rings. The van der Waals surface area contributed by atoms with E-state index in [-0.39, 0.29) is 0 Å². The zero-order valence-electron chi connectivity index (χ0n) is 17.2. The molecular weight excluding hydrogens is 410 g/mol. The highest BCUT2D eigenvalue weighted by Gasteiger charge is 2.31. The van der Waals surface area contributed by atoms with Gasteiger partial charge < -0.3 is 9.64 Å². The number of para-hydroxylation sites is 3. The Kier molecular flexibility index (Phi) is 5.00. The number of nitrogens with zero attached hydrogens (tertiary/aromatic N) is 3. The second-order valence-corrected chi connectivity index (χ2v) is 9.65. The first-order chi connectivity index (χ1) is 15.0. The van der Waals surface area contributed by atoms with E-state index >= 15 is 0 Å². The van der Waals surface area contributed by atoms with Crippen LogP contribution in [-0.2, 0) is 10.0 Å². The number of hydrogen-bond acceptors (Lipinski definition) is 5. The van der Waals surface area contributed by atoms with Gasteiger partial charge >= 0.3 is 0 Å². The fraction of sp³-hybridized carbons (Fsp3) is 0.208. The van der Waals surface area contributed by atoms with Gasteiger partial charge in [-0.3, -0.25) is 0 Å². The maximum absolute atomic E-state index is 13.1. The van der Waals surface area contributed by atoms with Crippen LogP contribution in [-0.4, -0.2) is 49.6 Å². The van der Waals surface area contributed by atoms with Crippen molar-refractivity contribution in [2.75, 3.05) is 26.2 Å². The van der Waals surface area contributed by atoms with Crippen molar-refractivity contribution in [3.05, 3.63) is 83.9 Å². The van der Waals surface area contributed by atoms with Crippen molar-refractivity contribution in [1.29, 1.82) is 0 Å². The summed E-state index contributed by atoms with van der Waals surface area (Å²) in [6, 6.07) is 22.6. The van der Waals surface area contributed by atoms with Crippen LogP contribution in [0, 0.1) is 6.92 Å². The van der Waals surface area contributed by atoms with E-state index in [2.05, 4.69) is 4.90 Å². The molecule has 0 amide bonds. The number of aliphatic imine (C=N–C) groups is 1. The highest BCUT2D eigenvalue weighted by atomic mass is 32.2. The van der Waals surface area contributed by atoms with E-state index in [0.717, 1.165) is 28.4 Å². The summed E-state index contributed by atoms with van der Waals surface area (Å²) in [5.74, 6) is 2.28. The lowest BCUT2D eigenvalue weighted by Gasteiger charge is -2.36. The molecule has 0 spiro atoms.